The molecule has 10 heteroatoms. The summed E-state index contributed by atoms with van der Waals surface area (Å²) in [5, 5.41) is 6.41. The van der Waals surface area contributed by atoms with Crippen molar-refractivity contribution in [1.82, 2.24) is 20.4 Å². The van der Waals surface area contributed by atoms with E-state index < -0.39 is 0 Å². The molecule has 0 unspecified atom stereocenters. The highest BCUT2D eigenvalue weighted by Gasteiger charge is 2.24. The molecule has 0 bridgehead atoms. The second-order valence-corrected chi connectivity index (χ2v) is 8.95. The number of urea groups is 1. The fourth-order valence-corrected chi connectivity index (χ4v) is 4.42. The Labute approximate surface area is 222 Å². The minimum atomic E-state index is -0.244. The lowest BCUT2D eigenvalue weighted by atomic mass is 9.99. The highest BCUT2D eigenvalue weighted by molar-refractivity contribution is 5.85. The van der Waals surface area contributed by atoms with E-state index in [9.17, 15) is 9.59 Å². The number of amides is 2. The molecule has 0 spiro atoms. The third-order valence-electron chi connectivity index (χ3n) is 6.37. The Morgan fingerprint density at radius 2 is 1.77 bits per heavy atom. The van der Waals surface area contributed by atoms with Crippen LogP contribution in [0.15, 0.2) is 30.3 Å². The number of halogens is 2. The lowest BCUT2D eigenvalue weighted by Gasteiger charge is -2.33. The molecule has 0 aromatic heterocycles. The zero-order valence-corrected chi connectivity index (χ0v) is 22.4. The number of rotatable bonds is 11. The van der Waals surface area contributed by atoms with Crippen molar-refractivity contribution < 1.29 is 19.1 Å². The van der Waals surface area contributed by atoms with Crippen LogP contribution in [0.3, 0.4) is 0 Å². The van der Waals surface area contributed by atoms with Crippen molar-refractivity contribution in [2.24, 2.45) is 5.92 Å². The first kappa shape index (κ1) is 31.4. The lowest BCUT2D eigenvalue weighted by Crippen LogP contribution is -2.48. The van der Waals surface area contributed by atoms with Gasteiger partial charge in [0.15, 0.2) is 0 Å². The van der Waals surface area contributed by atoms with Gasteiger partial charge in [-0.3, -0.25) is 9.69 Å². The first-order chi connectivity index (χ1) is 16.1. The number of nitrogens with one attached hydrogen (secondary N) is 2. The second kappa shape index (κ2) is 17.8. The van der Waals surface area contributed by atoms with E-state index in [1.165, 1.54) is 12.8 Å². The molecule has 0 aliphatic carbocycles. The van der Waals surface area contributed by atoms with Crippen molar-refractivity contribution >= 4 is 36.8 Å². The summed E-state index contributed by atoms with van der Waals surface area (Å²) in [5.41, 5.74) is 1.12. The topological polar surface area (TPSA) is 83.1 Å². The van der Waals surface area contributed by atoms with E-state index in [1.54, 1.807) is 6.92 Å². The molecule has 0 saturated carbocycles. The largest absolute Gasteiger partial charge is 0.465 e. The molecule has 8 nitrogen and oxygen atoms in total. The fraction of sp³-hybridized carbons (Fsp3) is 0.680. The zero-order valence-electron chi connectivity index (χ0n) is 20.8. The monoisotopic (exact) mass is 532 g/mol. The molecule has 1 aromatic rings. The Kier molecular flexibility index (Phi) is 16.0. The Morgan fingerprint density at radius 3 is 2.43 bits per heavy atom. The molecule has 0 radical (unpaired) electrons. The average molecular weight is 534 g/mol. The van der Waals surface area contributed by atoms with Gasteiger partial charge in [0.25, 0.3) is 0 Å². The molecule has 0 atom stereocenters. The number of carbonyl (C=O) groups excluding carboxylic acids is 2. The van der Waals surface area contributed by atoms with Crippen molar-refractivity contribution in [3.05, 3.63) is 35.9 Å². The minimum Gasteiger partial charge on any atom is -0.465 e. The number of benzene rings is 1. The zero-order chi connectivity index (χ0) is 23.3. The summed E-state index contributed by atoms with van der Waals surface area (Å²) in [6.07, 6.45) is 4.43. The van der Waals surface area contributed by atoms with Gasteiger partial charge in [-0.1, -0.05) is 30.3 Å². The van der Waals surface area contributed by atoms with Gasteiger partial charge >= 0.3 is 12.0 Å². The Bertz CT molecular complexity index is 715. The summed E-state index contributed by atoms with van der Waals surface area (Å²) < 4.78 is 11.2. The van der Waals surface area contributed by atoms with E-state index in [4.69, 9.17) is 9.47 Å². The lowest BCUT2D eigenvalue weighted by molar-refractivity contribution is -0.144. The van der Waals surface area contributed by atoms with Gasteiger partial charge in [0, 0.05) is 39.3 Å². The number of esters is 1. The van der Waals surface area contributed by atoms with Gasteiger partial charge in [0.2, 0.25) is 0 Å². The average Bonchev–Trinajstić information content (AvgIpc) is 2.84. The third-order valence-corrected chi connectivity index (χ3v) is 6.37. The number of hydrogen-bond donors (Lipinski definition) is 2. The Balaban J connectivity index is 0.00000306. The second-order valence-electron chi connectivity index (χ2n) is 8.95. The van der Waals surface area contributed by atoms with Crippen LogP contribution >= 0.6 is 24.8 Å². The molecule has 35 heavy (non-hydrogen) atoms. The summed E-state index contributed by atoms with van der Waals surface area (Å²) in [6, 6.07) is 9.98. The first-order valence-corrected chi connectivity index (χ1v) is 12.4. The summed E-state index contributed by atoms with van der Waals surface area (Å²) >= 11 is 0. The Hall–Kier alpha value is -1.58. The van der Waals surface area contributed by atoms with E-state index >= 15 is 0 Å². The van der Waals surface area contributed by atoms with Crippen LogP contribution in [0, 0.1) is 5.92 Å². The Morgan fingerprint density at radius 1 is 1.09 bits per heavy atom. The molecule has 2 amide bonds. The number of hydrogen-bond acceptors (Lipinski definition) is 6. The van der Waals surface area contributed by atoms with Crippen LogP contribution in [0.4, 0.5) is 4.79 Å². The molecule has 1 aromatic carbocycles. The van der Waals surface area contributed by atoms with E-state index in [0.29, 0.717) is 32.2 Å². The van der Waals surface area contributed by atoms with Crippen LogP contribution in [-0.4, -0.2) is 86.9 Å². The van der Waals surface area contributed by atoms with Crippen LogP contribution in [0.1, 0.15) is 38.2 Å². The number of ether oxygens (including phenoxy) is 2. The third kappa shape index (κ3) is 11.8. The van der Waals surface area contributed by atoms with Gasteiger partial charge in [-0.2, -0.15) is 0 Å². The molecule has 2 fully saturated rings. The summed E-state index contributed by atoms with van der Waals surface area (Å²) in [7, 11) is 0. The molecular weight excluding hydrogens is 491 g/mol. The number of likely N-dealkylation sites (tertiary alicyclic amines) is 1. The van der Waals surface area contributed by atoms with Crippen LogP contribution in [0.2, 0.25) is 0 Å². The molecule has 3 rings (SSSR count). The number of carbonyl (C=O) groups is 2. The fourth-order valence-electron chi connectivity index (χ4n) is 4.42. The van der Waals surface area contributed by atoms with Gasteiger partial charge in [-0.05, 0) is 57.2 Å². The molecule has 2 saturated heterocycles. The maximum Gasteiger partial charge on any atom is 0.320 e. The quantitative estimate of drug-likeness (QED) is 0.426. The molecular formula is C25H42Cl2N4O4. The van der Waals surface area contributed by atoms with E-state index in [0.717, 1.165) is 51.2 Å². The van der Waals surface area contributed by atoms with Gasteiger partial charge < -0.3 is 25.0 Å². The molecule has 2 aliphatic heterocycles. The predicted molar refractivity (Wildman–Crippen MR) is 142 cm³/mol. The number of piperidine rings is 2. The number of nitrogens with zero attached hydrogens (tertiary/aromatic N) is 2. The van der Waals surface area contributed by atoms with Gasteiger partial charge in [-0.25, -0.2) is 4.79 Å². The molecule has 2 aliphatic rings. The summed E-state index contributed by atoms with van der Waals surface area (Å²) in [6.45, 7) is 8.55. The molecule has 200 valence electrons. The van der Waals surface area contributed by atoms with E-state index in [1.807, 2.05) is 40.1 Å². The SMILES string of the molecule is CCOC(=O)CN(CCNC(=O)N1CCC(OCC2CCNCC2)CC1)Cc1ccccc1.Cl.Cl. The smallest absolute Gasteiger partial charge is 0.320 e. The van der Waals surface area contributed by atoms with Gasteiger partial charge in [0.05, 0.1) is 19.3 Å². The molecule has 2 N–H and O–H groups in total. The highest BCUT2D eigenvalue weighted by Crippen LogP contribution is 2.18. The van der Waals surface area contributed by atoms with Crippen molar-refractivity contribution in [2.75, 3.05) is 59.0 Å². The van der Waals surface area contributed by atoms with Crippen molar-refractivity contribution in [3.63, 3.8) is 0 Å². The van der Waals surface area contributed by atoms with Crippen LogP contribution in [0.5, 0.6) is 0 Å². The normalized spacial score (nSPS) is 16.8. The first-order valence-electron chi connectivity index (χ1n) is 12.4. The van der Waals surface area contributed by atoms with E-state index in [2.05, 4.69) is 10.6 Å². The maximum atomic E-state index is 12.6. The predicted octanol–water partition coefficient (Wildman–Crippen LogP) is 3.09. The molecule has 2 heterocycles. The van der Waals surface area contributed by atoms with Crippen LogP contribution in [-0.2, 0) is 20.8 Å². The highest BCUT2D eigenvalue weighted by atomic mass is 35.5. The van der Waals surface area contributed by atoms with Crippen molar-refractivity contribution in [1.29, 1.82) is 0 Å². The minimum absolute atomic E-state index is 0. The van der Waals surface area contributed by atoms with Gasteiger partial charge in [-0.15, -0.1) is 24.8 Å². The summed E-state index contributed by atoms with van der Waals surface area (Å²) in [4.78, 5) is 28.5. The van der Waals surface area contributed by atoms with E-state index in [-0.39, 0.29) is 49.5 Å². The maximum absolute atomic E-state index is 12.6. The van der Waals surface area contributed by atoms with Crippen LogP contribution < -0.4 is 10.6 Å². The summed E-state index contributed by atoms with van der Waals surface area (Å²) in [5.74, 6) is 0.423. The van der Waals surface area contributed by atoms with Crippen molar-refractivity contribution in [3.8, 4) is 0 Å². The van der Waals surface area contributed by atoms with Gasteiger partial charge in [0.1, 0.15) is 0 Å². The van der Waals surface area contributed by atoms with Crippen molar-refractivity contribution in [2.45, 2.75) is 45.3 Å². The van der Waals surface area contributed by atoms with Crippen LogP contribution in [0.25, 0.3) is 0 Å². The standard InChI is InChI=1S/C25H40N4O4.2ClH/c1-2-32-24(30)19-28(18-21-6-4-3-5-7-21)17-14-27-25(31)29-15-10-23(11-16-29)33-20-22-8-12-26-13-9-22;;/h3-7,22-23,26H,2,8-20H2,1H3,(H,27,31);2*1H.